The molecule has 0 aliphatic heterocycles. The van der Waals surface area contributed by atoms with Crippen LogP contribution in [0.2, 0.25) is 0 Å². The van der Waals surface area contributed by atoms with Gasteiger partial charge in [-0.2, -0.15) is 0 Å². The van der Waals surface area contributed by atoms with E-state index < -0.39 is 5.97 Å². The van der Waals surface area contributed by atoms with Gasteiger partial charge in [0.1, 0.15) is 0 Å². The smallest absolute Gasteiger partial charge is 0.361 e. The van der Waals surface area contributed by atoms with Crippen LogP contribution in [-0.2, 0) is 4.74 Å². The van der Waals surface area contributed by atoms with Crippen LogP contribution < -0.4 is 4.90 Å². The Kier molecular flexibility index (Phi) is 4.84. The quantitative estimate of drug-likeness (QED) is 0.652. The van der Waals surface area contributed by atoms with Crippen molar-refractivity contribution in [1.82, 2.24) is 4.98 Å². The number of benzene rings is 2. The number of nitrogens with zero attached hydrogens (tertiary/aromatic N) is 2. The number of ether oxygens (including phenoxy) is 1. The first-order valence-electron chi connectivity index (χ1n) is 8.11. The number of aromatic nitrogens is 1. The topological polar surface area (TPSA) is 55.6 Å². The van der Waals surface area contributed by atoms with Crippen LogP contribution in [0.5, 0.6) is 0 Å². The van der Waals surface area contributed by atoms with E-state index in [0.29, 0.717) is 11.7 Å². The van der Waals surface area contributed by atoms with Gasteiger partial charge in [-0.05, 0) is 43.3 Å². The summed E-state index contributed by atoms with van der Waals surface area (Å²) in [5, 5.41) is 0. The molecule has 3 rings (SSSR count). The van der Waals surface area contributed by atoms with Gasteiger partial charge in [0, 0.05) is 30.9 Å². The summed E-state index contributed by atoms with van der Waals surface area (Å²) in [5.41, 5.74) is 2.84. The minimum atomic E-state index is -0.486. The molecule has 5 nitrogen and oxygen atoms in total. The van der Waals surface area contributed by atoms with E-state index in [4.69, 9.17) is 9.15 Å². The first kappa shape index (κ1) is 16.8. The van der Waals surface area contributed by atoms with Gasteiger partial charge in [0.2, 0.25) is 5.89 Å². The monoisotopic (exact) mass is 336 g/mol. The molecule has 5 heteroatoms. The number of hydrogen-bond donors (Lipinski definition) is 0. The first-order chi connectivity index (χ1) is 12.1. The van der Waals surface area contributed by atoms with E-state index in [9.17, 15) is 4.79 Å². The number of anilines is 1. The zero-order chi connectivity index (χ0) is 17.8. The molecule has 1 aromatic heterocycles. The maximum Gasteiger partial charge on any atom is 0.361 e. The Morgan fingerprint density at radius 3 is 2.32 bits per heavy atom. The Morgan fingerprint density at radius 2 is 1.72 bits per heavy atom. The molecule has 0 bridgehead atoms. The summed E-state index contributed by atoms with van der Waals surface area (Å²) in [7, 11) is 3.95. The second-order valence-corrected chi connectivity index (χ2v) is 5.72. The molecule has 0 saturated heterocycles. The third-order valence-electron chi connectivity index (χ3n) is 3.76. The van der Waals surface area contributed by atoms with Gasteiger partial charge in [-0.25, -0.2) is 9.78 Å². The highest BCUT2D eigenvalue weighted by atomic mass is 16.5. The lowest BCUT2D eigenvalue weighted by Gasteiger charge is -2.12. The molecule has 0 aliphatic carbocycles. The molecule has 0 unspecified atom stereocenters. The summed E-state index contributed by atoms with van der Waals surface area (Å²) in [4.78, 5) is 18.7. The fraction of sp³-hybridized carbons (Fsp3) is 0.200. The molecular weight excluding hydrogens is 316 g/mol. The summed E-state index contributed by atoms with van der Waals surface area (Å²) in [6.07, 6.45) is 0. The van der Waals surface area contributed by atoms with Gasteiger partial charge >= 0.3 is 5.97 Å². The summed E-state index contributed by atoms with van der Waals surface area (Å²) in [6, 6.07) is 17.2. The molecule has 0 saturated carbocycles. The van der Waals surface area contributed by atoms with E-state index in [-0.39, 0.29) is 12.3 Å². The van der Waals surface area contributed by atoms with Crippen molar-refractivity contribution >= 4 is 11.7 Å². The fourth-order valence-electron chi connectivity index (χ4n) is 2.47. The maximum absolute atomic E-state index is 12.3. The molecule has 0 radical (unpaired) electrons. The Hall–Kier alpha value is -3.08. The Labute approximate surface area is 146 Å². The van der Waals surface area contributed by atoms with Crippen LogP contribution in [0.1, 0.15) is 17.4 Å². The highest BCUT2D eigenvalue weighted by Crippen LogP contribution is 2.31. The highest BCUT2D eigenvalue weighted by molar-refractivity contribution is 5.94. The van der Waals surface area contributed by atoms with Crippen molar-refractivity contribution < 1.29 is 13.9 Å². The average molecular weight is 336 g/mol. The number of oxazole rings is 1. The van der Waals surface area contributed by atoms with Gasteiger partial charge in [0.05, 0.1) is 6.61 Å². The highest BCUT2D eigenvalue weighted by Gasteiger charge is 2.23. The van der Waals surface area contributed by atoms with E-state index in [1.165, 1.54) is 0 Å². The predicted octanol–water partition coefficient (Wildman–Crippen LogP) is 4.25. The summed E-state index contributed by atoms with van der Waals surface area (Å²) in [6.45, 7) is 2.05. The average Bonchev–Trinajstić information content (AvgIpc) is 3.08. The third kappa shape index (κ3) is 3.55. The lowest BCUT2D eigenvalue weighted by Crippen LogP contribution is -2.08. The van der Waals surface area contributed by atoms with Gasteiger partial charge < -0.3 is 14.1 Å². The number of carbonyl (C=O) groups is 1. The fourth-order valence-corrected chi connectivity index (χ4v) is 2.47. The zero-order valence-electron chi connectivity index (χ0n) is 14.5. The van der Waals surface area contributed by atoms with Gasteiger partial charge in [0.25, 0.3) is 0 Å². The van der Waals surface area contributed by atoms with Crippen LogP contribution in [0.3, 0.4) is 0 Å². The van der Waals surface area contributed by atoms with Gasteiger partial charge in [0.15, 0.2) is 11.5 Å². The molecule has 0 atom stereocenters. The van der Waals surface area contributed by atoms with Crippen LogP contribution in [-0.4, -0.2) is 31.7 Å². The number of carbonyl (C=O) groups excluding carboxylic acids is 1. The van der Waals surface area contributed by atoms with Crippen LogP contribution in [0.15, 0.2) is 59.0 Å². The number of rotatable bonds is 5. The second-order valence-electron chi connectivity index (χ2n) is 5.72. The van der Waals surface area contributed by atoms with E-state index in [1.54, 1.807) is 6.92 Å². The third-order valence-corrected chi connectivity index (χ3v) is 3.76. The van der Waals surface area contributed by atoms with Crippen molar-refractivity contribution in [3.05, 3.63) is 60.3 Å². The largest absolute Gasteiger partial charge is 0.461 e. The molecule has 0 spiro atoms. The number of hydrogen-bond acceptors (Lipinski definition) is 5. The summed E-state index contributed by atoms with van der Waals surface area (Å²) in [5.74, 6) is 0.332. The van der Waals surface area contributed by atoms with Crippen molar-refractivity contribution in [1.29, 1.82) is 0 Å². The van der Waals surface area contributed by atoms with E-state index in [1.807, 2.05) is 73.6 Å². The first-order valence-corrected chi connectivity index (χ1v) is 8.11. The van der Waals surface area contributed by atoms with Crippen molar-refractivity contribution in [2.75, 3.05) is 25.6 Å². The standard InChI is InChI=1S/C20H20N2O3/c1-4-24-20(23)17-18(14-10-12-16(13-11-14)22(2)3)25-19(21-17)15-8-6-5-7-9-15/h5-13H,4H2,1-3H3. The Morgan fingerprint density at radius 1 is 1.04 bits per heavy atom. The van der Waals surface area contributed by atoms with E-state index >= 15 is 0 Å². The van der Waals surface area contributed by atoms with Crippen molar-refractivity contribution in [2.45, 2.75) is 6.92 Å². The van der Waals surface area contributed by atoms with Crippen LogP contribution in [0.4, 0.5) is 5.69 Å². The van der Waals surface area contributed by atoms with Crippen LogP contribution in [0.25, 0.3) is 22.8 Å². The molecule has 3 aromatic rings. The molecule has 0 aliphatic rings. The van der Waals surface area contributed by atoms with Gasteiger partial charge in [-0.1, -0.05) is 18.2 Å². The minimum absolute atomic E-state index is 0.193. The summed E-state index contributed by atoms with van der Waals surface area (Å²) < 4.78 is 11.1. The van der Waals surface area contributed by atoms with Gasteiger partial charge in [-0.15, -0.1) is 0 Å². The normalized spacial score (nSPS) is 10.5. The predicted molar refractivity (Wildman–Crippen MR) is 97.7 cm³/mol. The molecular formula is C20H20N2O3. The van der Waals surface area contributed by atoms with Crippen LogP contribution >= 0.6 is 0 Å². The molecule has 2 aromatic carbocycles. The lowest BCUT2D eigenvalue weighted by molar-refractivity contribution is 0.0520. The minimum Gasteiger partial charge on any atom is -0.461 e. The van der Waals surface area contributed by atoms with Gasteiger partial charge in [-0.3, -0.25) is 0 Å². The van der Waals surface area contributed by atoms with Crippen molar-refractivity contribution in [2.24, 2.45) is 0 Å². The second kappa shape index (κ2) is 7.21. The summed E-state index contributed by atoms with van der Waals surface area (Å²) >= 11 is 0. The SMILES string of the molecule is CCOC(=O)c1nc(-c2ccccc2)oc1-c1ccc(N(C)C)cc1. The van der Waals surface area contributed by atoms with E-state index in [0.717, 1.165) is 16.8 Å². The van der Waals surface area contributed by atoms with Crippen molar-refractivity contribution in [3.63, 3.8) is 0 Å². The molecule has 0 N–H and O–H groups in total. The molecule has 1 heterocycles. The van der Waals surface area contributed by atoms with E-state index in [2.05, 4.69) is 4.98 Å². The maximum atomic E-state index is 12.3. The zero-order valence-corrected chi connectivity index (χ0v) is 14.5. The molecule has 128 valence electrons. The molecule has 0 fully saturated rings. The number of esters is 1. The lowest BCUT2D eigenvalue weighted by atomic mass is 10.1. The van der Waals surface area contributed by atoms with Crippen molar-refractivity contribution in [3.8, 4) is 22.8 Å². The Balaban J connectivity index is 2.07. The van der Waals surface area contributed by atoms with Crippen LogP contribution in [0, 0.1) is 0 Å². The molecule has 0 amide bonds. The molecule has 25 heavy (non-hydrogen) atoms. The Bertz CT molecular complexity index is 852.